The molecule has 0 bridgehead atoms. The van der Waals surface area contributed by atoms with Crippen molar-refractivity contribution in [3.05, 3.63) is 133 Å². The molecule has 1 nitrogen and oxygen atoms in total. The standard InChI is InChI=1S/C40H30OS/c1-40(2,3)29-21-27(20-28(22-29)26-17-19-37-39(24-26)42-38-15-9-8-14-36(38)41-37)25-16-18-34-32-12-5-4-10-30(32)31-11-6-7-13-33(31)35(34)23-25/h4-24H,1-3H3. The smallest absolute Gasteiger partial charge is 0.141 e. The zero-order valence-electron chi connectivity index (χ0n) is 23.9. The summed E-state index contributed by atoms with van der Waals surface area (Å²) in [5.74, 6) is 1.85. The largest absolute Gasteiger partial charge is 0.455 e. The summed E-state index contributed by atoms with van der Waals surface area (Å²) in [6.45, 7) is 6.89. The van der Waals surface area contributed by atoms with Gasteiger partial charge in [0.05, 0.1) is 9.79 Å². The van der Waals surface area contributed by atoms with Crippen molar-refractivity contribution in [2.24, 2.45) is 0 Å². The van der Waals surface area contributed by atoms with E-state index in [0.29, 0.717) is 0 Å². The molecule has 0 amide bonds. The first-order chi connectivity index (χ1) is 20.4. The first-order valence-electron chi connectivity index (χ1n) is 14.5. The van der Waals surface area contributed by atoms with E-state index >= 15 is 0 Å². The summed E-state index contributed by atoms with van der Waals surface area (Å²) < 4.78 is 6.23. The van der Waals surface area contributed by atoms with Crippen LogP contribution in [-0.2, 0) is 5.41 Å². The maximum atomic E-state index is 6.23. The average Bonchev–Trinajstić information content (AvgIpc) is 3.03. The molecule has 0 saturated heterocycles. The summed E-state index contributed by atoms with van der Waals surface area (Å²) in [6, 6.07) is 46.5. The van der Waals surface area contributed by atoms with Crippen LogP contribution in [0.3, 0.4) is 0 Å². The highest BCUT2D eigenvalue weighted by molar-refractivity contribution is 7.99. The van der Waals surface area contributed by atoms with E-state index in [4.69, 9.17) is 4.74 Å². The second-order valence-corrected chi connectivity index (χ2v) is 13.3. The Morgan fingerprint density at radius 2 is 0.952 bits per heavy atom. The molecule has 0 N–H and O–H groups in total. The van der Waals surface area contributed by atoms with Crippen molar-refractivity contribution in [3.8, 4) is 33.8 Å². The zero-order chi connectivity index (χ0) is 28.4. The third-order valence-corrected chi connectivity index (χ3v) is 9.54. The van der Waals surface area contributed by atoms with Crippen molar-refractivity contribution in [1.29, 1.82) is 0 Å². The van der Waals surface area contributed by atoms with E-state index in [2.05, 4.69) is 136 Å². The molecule has 1 heterocycles. The van der Waals surface area contributed by atoms with Crippen LogP contribution in [0.2, 0.25) is 0 Å². The van der Waals surface area contributed by atoms with E-state index in [0.717, 1.165) is 21.3 Å². The Kier molecular flexibility index (Phi) is 5.70. The van der Waals surface area contributed by atoms with Crippen LogP contribution >= 0.6 is 11.8 Å². The molecule has 0 radical (unpaired) electrons. The van der Waals surface area contributed by atoms with E-state index in [9.17, 15) is 0 Å². The molecule has 7 aromatic rings. The summed E-state index contributed by atoms with van der Waals surface area (Å²) >= 11 is 1.78. The number of hydrogen-bond donors (Lipinski definition) is 0. The Morgan fingerprint density at radius 3 is 1.62 bits per heavy atom. The highest BCUT2D eigenvalue weighted by Crippen LogP contribution is 2.48. The lowest BCUT2D eigenvalue weighted by molar-refractivity contribution is 0.454. The summed E-state index contributed by atoms with van der Waals surface area (Å²) in [5.41, 5.74) is 6.24. The summed E-state index contributed by atoms with van der Waals surface area (Å²) in [5, 5.41) is 7.81. The molecular formula is C40H30OS. The number of benzene rings is 7. The van der Waals surface area contributed by atoms with Crippen molar-refractivity contribution in [2.75, 3.05) is 0 Å². The lowest BCUT2D eigenvalue weighted by atomic mass is 9.83. The van der Waals surface area contributed by atoms with Crippen molar-refractivity contribution in [1.82, 2.24) is 0 Å². The van der Waals surface area contributed by atoms with Gasteiger partial charge in [0.25, 0.3) is 0 Å². The molecule has 42 heavy (non-hydrogen) atoms. The summed E-state index contributed by atoms with van der Waals surface area (Å²) in [6.07, 6.45) is 0. The molecule has 202 valence electrons. The van der Waals surface area contributed by atoms with Gasteiger partial charge in [0.2, 0.25) is 0 Å². The predicted octanol–water partition coefficient (Wildman–Crippen LogP) is 12.0. The van der Waals surface area contributed by atoms with Gasteiger partial charge in [-0.1, -0.05) is 124 Å². The van der Waals surface area contributed by atoms with E-state index in [-0.39, 0.29) is 5.41 Å². The lowest BCUT2D eigenvalue weighted by Gasteiger charge is -2.23. The number of fused-ring (bicyclic) bond motifs is 8. The minimum atomic E-state index is 0.00944. The molecule has 0 unspecified atom stereocenters. The second kappa shape index (κ2) is 9.51. The molecule has 8 rings (SSSR count). The molecule has 0 fully saturated rings. The van der Waals surface area contributed by atoms with Gasteiger partial charge in [0.1, 0.15) is 11.5 Å². The Morgan fingerprint density at radius 1 is 0.429 bits per heavy atom. The Bertz CT molecular complexity index is 2150. The van der Waals surface area contributed by atoms with Gasteiger partial charge in [-0.2, -0.15) is 0 Å². The van der Waals surface area contributed by atoms with Gasteiger partial charge in [-0.25, -0.2) is 0 Å². The first-order valence-corrected chi connectivity index (χ1v) is 15.3. The van der Waals surface area contributed by atoms with Crippen LogP contribution in [0.25, 0.3) is 54.6 Å². The fourth-order valence-corrected chi connectivity index (χ4v) is 7.18. The van der Waals surface area contributed by atoms with Crippen LogP contribution in [0.1, 0.15) is 26.3 Å². The maximum Gasteiger partial charge on any atom is 0.141 e. The Hall–Kier alpha value is -4.53. The topological polar surface area (TPSA) is 9.23 Å². The van der Waals surface area contributed by atoms with Crippen LogP contribution in [0.5, 0.6) is 11.5 Å². The normalized spacial score (nSPS) is 12.7. The zero-order valence-corrected chi connectivity index (χ0v) is 24.8. The third-order valence-electron chi connectivity index (χ3n) is 8.44. The third kappa shape index (κ3) is 4.18. The quantitative estimate of drug-likeness (QED) is 0.195. The summed E-state index contributed by atoms with van der Waals surface area (Å²) in [4.78, 5) is 2.31. The second-order valence-electron chi connectivity index (χ2n) is 12.2. The van der Waals surface area contributed by atoms with Gasteiger partial charge < -0.3 is 4.74 Å². The predicted molar refractivity (Wildman–Crippen MR) is 179 cm³/mol. The first kappa shape index (κ1) is 25.2. The van der Waals surface area contributed by atoms with Crippen LogP contribution in [0, 0.1) is 0 Å². The van der Waals surface area contributed by atoms with E-state index < -0.39 is 0 Å². The number of hydrogen-bond acceptors (Lipinski definition) is 2. The minimum Gasteiger partial charge on any atom is -0.455 e. The molecule has 0 aromatic heterocycles. The van der Waals surface area contributed by atoms with Gasteiger partial charge in [-0.05, 0) is 102 Å². The van der Waals surface area contributed by atoms with Crippen LogP contribution < -0.4 is 4.74 Å². The number of rotatable bonds is 2. The highest BCUT2D eigenvalue weighted by Gasteiger charge is 2.20. The van der Waals surface area contributed by atoms with Gasteiger partial charge >= 0.3 is 0 Å². The van der Waals surface area contributed by atoms with Crippen LogP contribution in [-0.4, -0.2) is 0 Å². The van der Waals surface area contributed by atoms with Crippen molar-refractivity contribution in [2.45, 2.75) is 36.0 Å². The van der Waals surface area contributed by atoms with E-state index in [1.54, 1.807) is 11.8 Å². The van der Waals surface area contributed by atoms with Crippen LogP contribution in [0.15, 0.2) is 137 Å². The fourth-order valence-electron chi connectivity index (χ4n) is 6.19. The van der Waals surface area contributed by atoms with Crippen LogP contribution in [0.4, 0.5) is 0 Å². The molecular weight excluding hydrogens is 529 g/mol. The number of ether oxygens (including phenoxy) is 1. The molecule has 0 aliphatic carbocycles. The van der Waals surface area contributed by atoms with Crippen molar-refractivity contribution < 1.29 is 4.74 Å². The fraction of sp³-hybridized carbons (Fsp3) is 0.100. The average molecular weight is 559 g/mol. The Labute approximate surface area is 250 Å². The Balaban J connectivity index is 1.30. The molecule has 1 aliphatic heterocycles. The minimum absolute atomic E-state index is 0.00944. The maximum absolute atomic E-state index is 6.23. The monoisotopic (exact) mass is 558 g/mol. The van der Waals surface area contributed by atoms with Gasteiger partial charge in [0, 0.05) is 0 Å². The lowest BCUT2D eigenvalue weighted by Crippen LogP contribution is -2.11. The molecule has 0 spiro atoms. The highest BCUT2D eigenvalue weighted by atomic mass is 32.2. The molecule has 0 atom stereocenters. The molecule has 0 saturated carbocycles. The summed E-state index contributed by atoms with van der Waals surface area (Å²) in [7, 11) is 0. The molecule has 7 aromatic carbocycles. The van der Waals surface area contributed by atoms with E-state index in [1.165, 1.54) is 60.1 Å². The molecule has 2 heteroatoms. The van der Waals surface area contributed by atoms with E-state index in [1.807, 2.05) is 12.1 Å². The van der Waals surface area contributed by atoms with Crippen molar-refractivity contribution >= 4 is 44.1 Å². The van der Waals surface area contributed by atoms with Gasteiger partial charge in [0.15, 0.2) is 0 Å². The number of para-hydroxylation sites is 1. The van der Waals surface area contributed by atoms with Gasteiger partial charge in [-0.3, -0.25) is 0 Å². The van der Waals surface area contributed by atoms with Crippen molar-refractivity contribution in [3.63, 3.8) is 0 Å². The van der Waals surface area contributed by atoms with Gasteiger partial charge in [-0.15, -0.1) is 0 Å². The molecule has 1 aliphatic rings. The SMILES string of the molecule is CC(C)(C)c1cc(-c2ccc3c(c2)Sc2ccccc2O3)cc(-c2ccc3c4ccccc4c4ccccc4c3c2)c1.